The van der Waals surface area contributed by atoms with Crippen LogP contribution in [0.25, 0.3) is 11.1 Å². The van der Waals surface area contributed by atoms with E-state index in [0.717, 1.165) is 30.4 Å². The second-order valence-electron chi connectivity index (χ2n) is 15.2. The summed E-state index contributed by atoms with van der Waals surface area (Å²) in [5.41, 5.74) is -0.586. The second kappa shape index (κ2) is 13.9. The molecule has 0 radical (unpaired) electrons. The molecule has 0 unspecified atom stereocenters. The Morgan fingerprint density at radius 3 is 2.44 bits per heavy atom. The quantitative estimate of drug-likeness (QED) is 0.327. The van der Waals surface area contributed by atoms with Gasteiger partial charge in [-0.05, 0) is 75.6 Å². The number of allylic oxidation sites excluding steroid dienone is 1. The molecule has 0 spiro atoms. The van der Waals surface area contributed by atoms with Crippen LogP contribution in [0.5, 0.6) is 0 Å². The van der Waals surface area contributed by atoms with Crippen LogP contribution in [0, 0.1) is 23.7 Å². The minimum absolute atomic E-state index is 0.00936. The number of nitrogens with zero attached hydrogens (tertiary/aromatic N) is 2. The third-order valence-electron chi connectivity index (χ3n) is 10.5. The van der Waals surface area contributed by atoms with E-state index in [-0.39, 0.29) is 55.1 Å². The van der Waals surface area contributed by atoms with Gasteiger partial charge >= 0.3 is 11.9 Å². The smallest absolute Gasteiger partial charge is 0.330 e. The predicted octanol–water partition coefficient (Wildman–Crippen LogP) is 4.63. The summed E-state index contributed by atoms with van der Waals surface area (Å²) in [6.07, 6.45) is 7.43. The molecular formula is C38H47N3O8S. The Hall–Kier alpha value is -4.03. The fourth-order valence-corrected chi connectivity index (χ4v) is 9.44. The van der Waals surface area contributed by atoms with E-state index < -0.39 is 56.9 Å². The summed E-state index contributed by atoms with van der Waals surface area (Å²) in [7, 11) is -3.97. The standard InChI is InChI=1S/C38H47N3O8S/c1-37(2,3)49-32(42)20-27-15-8-5-4-6-11-17-29-21-38(29,36(45)46)39-34(43)33-31-24-40(22-28(31)23-41(33)35(27)44)50(47,48)30-18-12-16-26(19-30)25-13-9-7-10-14-25/h7,9-14,16-19,27-29,31,33H,4-6,8,15,20-24H2,1-3H3,(H,39,43)(H,45,46)/b17-11-/t27-,28-,29+,31-,33-,38+/m0/s1. The van der Waals surface area contributed by atoms with Crippen molar-refractivity contribution in [2.75, 3.05) is 19.6 Å². The average molecular weight is 706 g/mol. The Bertz CT molecular complexity index is 1770. The van der Waals surface area contributed by atoms with E-state index in [0.29, 0.717) is 12.8 Å². The Labute approximate surface area is 294 Å². The molecule has 3 fully saturated rings. The molecule has 0 aromatic heterocycles. The maximum Gasteiger partial charge on any atom is 0.330 e. The van der Waals surface area contributed by atoms with Gasteiger partial charge in [0.25, 0.3) is 0 Å². The van der Waals surface area contributed by atoms with Gasteiger partial charge in [-0.15, -0.1) is 0 Å². The van der Waals surface area contributed by atoms with Crippen molar-refractivity contribution in [1.29, 1.82) is 0 Å². The zero-order chi connectivity index (χ0) is 35.8. The van der Waals surface area contributed by atoms with E-state index in [4.69, 9.17) is 4.74 Å². The number of amides is 2. The Morgan fingerprint density at radius 2 is 1.72 bits per heavy atom. The van der Waals surface area contributed by atoms with Crippen molar-refractivity contribution >= 4 is 33.8 Å². The fourth-order valence-electron chi connectivity index (χ4n) is 7.86. The molecule has 268 valence electrons. The van der Waals surface area contributed by atoms with Gasteiger partial charge in [0.1, 0.15) is 17.2 Å². The van der Waals surface area contributed by atoms with Gasteiger partial charge in [-0.3, -0.25) is 14.4 Å². The van der Waals surface area contributed by atoms with Gasteiger partial charge in [0.15, 0.2) is 0 Å². The number of hydrogen-bond acceptors (Lipinski definition) is 7. The molecule has 2 aromatic rings. The third kappa shape index (κ3) is 7.37. The molecule has 12 heteroatoms. The Kier molecular flexibility index (Phi) is 9.98. The lowest BCUT2D eigenvalue weighted by molar-refractivity contribution is -0.159. The first-order chi connectivity index (χ1) is 23.7. The largest absolute Gasteiger partial charge is 0.479 e. The van der Waals surface area contributed by atoms with Crippen LogP contribution in [0.15, 0.2) is 71.6 Å². The number of carbonyl (C=O) groups excluding carboxylic acids is 3. The van der Waals surface area contributed by atoms with Crippen LogP contribution in [-0.4, -0.2) is 83.3 Å². The maximum atomic E-state index is 14.4. The normalized spacial score (nSPS) is 29.8. The van der Waals surface area contributed by atoms with E-state index >= 15 is 0 Å². The number of nitrogens with one attached hydrogen (secondary N) is 1. The first kappa shape index (κ1) is 35.8. The Balaban J connectivity index is 1.30. The zero-order valence-electron chi connectivity index (χ0n) is 28.9. The van der Waals surface area contributed by atoms with Gasteiger partial charge in [-0.2, -0.15) is 4.31 Å². The lowest BCUT2D eigenvalue weighted by Gasteiger charge is -2.32. The summed E-state index contributed by atoms with van der Waals surface area (Å²) in [5.74, 6) is -4.66. The van der Waals surface area contributed by atoms with Gasteiger partial charge in [-0.25, -0.2) is 13.2 Å². The van der Waals surface area contributed by atoms with Crippen LogP contribution in [0.2, 0.25) is 0 Å². The van der Waals surface area contributed by atoms with Gasteiger partial charge in [0.2, 0.25) is 21.8 Å². The van der Waals surface area contributed by atoms with Gasteiger partial charge < -0.3 is 20.1 Å². The first-order valence-electron chi connectivity index (χ1n) is 17.6. The number of fused-ring (bicyclic) bond motifs is 4. The van der Waals surface area contributed by atoms with Gasteiger partial charge in [0, 0.05) is 37.4 Å². The Morgan fingerprint density at radius 1 is 0.980 bits per heavy atom. The van der Waals surface area contributed by atoms with E-state index in [1.165, 1.54) is 9.21 Å². The number of rotatable bonds is 6. The van der Waals surface area contributed by atoms with E-state index in [9.17, 15) is 32.7 Å². The second-order valence-corrected chi connectivity index (χ2v) is 17.1. The summed E-state index contributed by atoms with van der Waals surface area (Å²) in [6, 6.07) is 15.1. The highest BCUT2D eigenvalue weighted by Gasteiger charge is 2.63. The minimum Gasteiger partial charge on any atom is -0.479 e. The molecule has 2 aromatic carbocycles. The lowest BCUT2D eigenvalue weighted by atomic mass is 9.92. The van der Waals surface area contributed by atoms with Crippen LogP contribution in [0.3, 0.4) is 0 Å². The van der Waals surface area contributed by atoms with Crippen molar-refractivity contribution in [3.8, 4) is 11.1 Å². The highest BCUT2D eigenvalue weighted by molar-refractivity contribution is 7.89. The molecule has 2 N–H and O–H groups in total. The summed E-state index contributed by atoms with van der Waals surface area (Å²) >= 11 is 0. The van der Waals surface area contributed by atoms with Crippen LogP contribution in [0.4, 0.5) is 0 Å². The lowest BCUT2D eigenvalue weighted by Crippen LogP contribution is -2.56. The number of esters is 1. The molecule has 4 aliphatic rings. The molecule has 11 nitrogen and oxygen atoms in total. The molecule has 2 amide bonds. The van der Waals surface area contributed by atoms with Crippen LogP contribution in [-0.2, 0) is 33.9 Å². The summed E-state index contributed by atoms with van der Waals surface area (Å²) in [6.45, 7) is 5.50. The molecule has 50 heavy (non-hydrogen) atoms. The van der Waals surface area contributed by atoms with Crippen LogP contribution >= 0.6 is 0 Å². The molecule has 1 aliphatic carbocycles. The first-order valence-corrected chi connectivity index (χ1v) is 19.0. The highest BCUT2D eigenvalue weighted by atomic mass is 32.2. The summed E-state index contributed by atoms with van der Waals surface area (Å²) in [4.78, 5) is 55.8. The predicted molar refractivity (Wildman–Crippen MR) is 186 cm³/mol. The van der Waals surface area contributed by atoms with Gasteiger partial charge in [-0.1, -0.05) is 67.5 Å². The van der Waals surface area contributed by atoms with Crippen molar-refractivity contribution in [3.05, 3.63) is 66.7 Å². The zero-order valence-corrected chi connectivity index (χ0v) is 29.7. The molecular weight excluding hydrogens is 658 g/mol. The molecule has 2 saturated heterocycles. The highest BCUT2D eigenvalue weighted by Crippen LogP contribution is 2.47. The van der Waals surface area contributed by atoms with Crippen molar-refractivity contribution in [1.82, 2.24) is 14.5 Å². The number of carbonyl (C=O) groups is 4. The number of benzene rings is 2. The molecule has 6 atom stereocenters. The number of carboxylic acid groups (broad SMARTS) is 1. The topological polar surface area (TPSA) is 150 Å². The molecule has 3 aliphatic heterocycles. The third-order valence-corrected chi connectivity index (χ3v) is 12.3. The van der Waals surface area contributed by atoms with Crippen molar-refractivity contribution < 1.29 is 37.4 Å². The molecule has 0 bridgehead atoms. The molecule has 3 heterocycles. The van der Waals surface area contributed by atoms with Gasteiger partial charge in [0.05, 0.1) is 11.3 Å². The monoisotopic (exact) mass is 705 g/mol. The van der Waals surface area contributed by atoms with E-state index in [2.05, 4.69) is 5.32 Å². The summed E-state index contributed by atoms with van der Waals surface area (Å²) < 4.78 is 35.1. The number of hydrogen-bond donors (Lipinski definition) is 2. The van der Waals surface area contributed by atoms with Crippen molar-refractivity contribution in [3.63, 3.8) is 0 Å². The SMILES string of the molecule is CC(C)(C)OC(=O)C[C@@H]1CCCCC/C=C\[C@@H]2C[C@@]2(C(=O)O)NC(=O)[C@@H]2[C@H]3CN(S(=O)(=O)c4cccc(-c5ccccc5)c4)C[C@H]3CN2C1=O. The number of sulfonamides is 1. The number of ether oxygens (including phenoxy) is 1. The van der Waals surface area contributed by atoms with E-state index in [1.807, 2.05) is 48.6 Å². The van der Waals surface area contributed by atoms with Crippen LogP contribution < -0.4 is 5.32 Å². The molecule has 1 saturated carbocycles. The number of aliphatic carboxylic acids is 1. The van der Waals surface area contributed by atoms with Crippen LogP contribution in [0.1, 0.15) is 65.7 Å². The number of carboxylic acids is 1. The maximum absolute atomic E-state index is 14.4. The van der Waals surface area contributed by atoms with E-state index in [1.54, 1.807) is 39.0 Å². The minimum atomic E-state index is -3.97. The average Bonchev–Trinajstić information content (AvgIpc) is 3.40. The van der Waals surface area contributed by atoms with Crippen molar-refractivity contribution in [2.24, 2.45) is 23.7 Å². The molecule has 6 rings (SSSR count). The van der Waals surface area contributed by atoms with Crippen molar-refractivity contribution in [2.45, 2.75) is 87.8 Å². The fraction of sp³-hybridized carbons (Fsp3) is 0.526. The summed E-state index contributed by atoms with van der Waals surface area (Å²) in [5, 5.41) is 13.0.